The molecule has 1 aliphatic heterocycles. The largest absolute Gasteiger partial charge is 0.357 e. The third-order valence-electron chi connectivity index (χ3n) is 2.94. The average Bonchev–Trinajstić information content (AvgIpc) is 2.62. The molecule has 1 unspecified atom stereocenters. The van der Waals surface area contributed by atoms with Crippen molar-refractivity contribution in [2.45, 2.75) is 31.7 Å². The molecule has 2 rings (SSSR count). The monoisotopic (exact) mass is 178 g/mol. The average molecular weight is 178 g/mol. The van der Waals surface area contributed by atoms with E-state index in [-0.39, 0.29) is 0 Å². The van der Waals surface area contributed by atoms with E-state index in [2.05, 4.69) is 42.3 Å². The zero-order valence-electron chi connectivity index (χ0n) is 8.51. The van der Waals surface area contributed by atoms with Crippen LogP contribution in [0, 0.1) is 0 Å². The van der Waals surface area contributed by atoms with Crippen molar-refractivity contribution in [3.8, 4) is 0 Å². The Morgan fingerprint density at radius 3 is 3.00 bits per heavy atom. The van der Waals surface area contributed by atoms with Gasteiger partial charge in [0.1, 0.15) is 0 Å². The molecule has 1 aliphatic rings. The van der Waals surface area contributed by atoms with Gasteiger partial charge in [-0.1, -0.05) is 0 Å². The van der Waals surface area contributed by atoms with Crippen LogP contribution in [0.2, 0.25) is 0 Å². The summed E-state index contributed by atoms with van der Waals surface area (Å²) < 4.78 is 2.12. The van der Waals surface area contributed by atoms with E-state index in [4.69, 9.17) is 0 Å². The molecule has 1 aromatic heterocycles. The zero-order chi connectivity index (χ0) is 9.31. The van der Waals surface area contributed by atoms with Gasteiger partial charge < -0.3 is 9.88 Å². The van der Waals surface area contributed by atoms with Crippen molar-refractivity contribution in [1.29, 1.82) is 0 Å². The lowest BCUT2D eigenvalue weighted by Gasteiger charge is -2.23. The Morgan fingerprint density at radius 2 is 2.46 bits per heavy atom. The maximum absolute atomic E-state index is 3.58. The number of aromatic nitrogens is 1. The maximum atomic E-state index is 3.58. The molecule has 2 heterocycles. The Balaban J connectivity index is 2.04. The van der Waals surface area contributed by atoms with Gasteiger partial charge in [0.15, 0.2) is 0 Å². The van der Waals surface area contributed by atoms with Gasteiger partial charge in [-0.15, -0.1) is 0 Å². The molecule has 2 nitrogen and oxygen atoms in total. The van der Waals surface area contributed by atoms with Crippen molar-refractivity contribution < 1.29 is 0 Å². The van der Waals surface area contributed by atoms with E-state index < -0.39 is 0 Å². The predicted octanol–water partition coefficient (Wildman–Crippen LogP) is 1.71. The van der Waals surface area contributed by atoms with Gasteiger partial charge in [-0.3, -0.25) is 0 Å². The van der Waals surface area contributed by atoms with Crippen molar-refractivity contribution in [3.05, 3.63) is 24.0 Å². The molecule has 0 aromatic carbocycles. The molecule has 1 N–H and O–H groups in total. The number of rotatable bonds is 2. The van der Waals surface area contributed by atoms with E-state index in [0.29, 0.717) is 5.54 Å². The highest BCUT2D eigenvalue weighted by atomic mass is 15.0. The topological polar surface area (TPSA) is 17.0 Å². The van der Waals surface area contributed by atoms with Crippen LogP contribution in [0.1, 0.15) is 25.3 Å². The second-order valence-corrected chi connectivity index (χ2v) is 4.45. The molecule has 0 spiro atoms. The van der Waals surface area contributed by atoms with E-state index in [1.165, 1.54) is 24.9 Å². The van der Waals surface area contributed by atoms with Gasteiger partial charge in [0.2, 0.25) is 0 Å². The van der Waals surface area contributed by atoms with Gasteiger partial charge in [0.25, 0.3) is 0 Å². The fraction of sp³-hybridized carbons (Fsp3) is 0.636. The fourth-order valence-corrected chi connectivity index (χ4v) is 2.22. The first-order chi connectivity index (χ1) is 6.18. The van der Waals surface area contributed by atoms with Crippen molar-refractivity contribution in [1.82, 2.24) is 9.88 Å². The Bertz CT molecular complexity index is 282. The smallest absolute Gasteiger partial charge is 0.0194 e. The van der Waals surface area contributed by atoms with E-state index in [0.717, 1.165) is 6.42 Å². The van der Waals surface area contributed by atoms with Gasteiger partial charge in [-0.25, -0.2) is 0 Å². The number of aryl methyl sites for hydroxylation is 1. The van der Waals surface area contributed by atoms with E-state index >= 15 is 0 Å². The molecule has 1 atom stereocenters. The Hall–Kier alpha value is -0.760. The van der Waals surface area contributed by atoms with E-state index in [1.807, 2.05) is 0 Å². The molecule has 0 bridgehead atoms. The van der Waals surface area contributed by atoms with Crippen LogP contribution in [0.4, 0.5) is 0 Å². The van der Waals surface area contributed by atoms with Crippen LogP contribution in [0.15, 0.2) is 18.5 Å². The number of nitrogens with one attached hydrogen (secondary N) is 1. The second-order valence-electron chi connectivity index (χ2n) is 4.45. The summed E-state index contributed by atoms with van der Waals surface area (Å²) in [7, 11) is 2.08. The van der Waals surface area contributed by atoms with E-state index in [9.17, 15) is 0 Å². The molecular weight excluding hydrogens is 160 g/mol. The van der Waals surface area contributed by atoms with Crippen LogP contribution in [0.3, 0.4) is 0 Å². The summed E-state index contributed by atoms with van der Waals surface area (Å²) in [5.74, 6) is 0. The summed E-state index contributed by atoms with van der Waals surface area (Å²) in [4.78, 5) is 0. The van der Waals surface area contributed by atoms with Crippen LogP contribution in [0.25, 0.3) is 0 Å². The molecule has 2 heteroatoms. The second kappa shape index (κ2) is 3.18. The number of hydrogen-bond acceptors (Lipinski definition) is 1. The maximum Gasteiger partial charge on any atom is 0.0194 e. The van der Waals surface area contributed by atoms with Crippen LogP contribution in [0.5, 0.6) is 0 Å². The minimum atomic E-state index is 0.349. The molecule has 13 heavy (non-hydrogen) atoms. The van der Waals surface area contributed by atoms with Crippen LogP contribution >= 0.6 is 0 Å². The third kappa shape index (κ3) is 1.94. The summed E-state index contributed by atoms with van der Waals surface area (Å²) in [6.07, 6.45) is 8.12. The zero-order valence-corrected chi connectivity index (χ0v) is 8.51. The molecule has 1 fully saturated rings. The lowest BCUT2D eigenvalue weighted by atomic mass is 9.93. The third-order valence-corrected chi connectivity index (χ3v) is 2.94. The van der Waals surface area contributed by atoms with Gasteiger partial charge in [-0.2, -0.15) is 0 Å². The van der Waals surface area contributed by atoms with Gasteiger partial charge in [-0.05, 0) is 44.4 Å². The molecule has 0 amide bonds. The van der Waals surface area contributed by atoms with E-state index in [1.54, 1.807) is 0 Å². The quantitative estimate of drug-likeness (QED) is 0.729. The summed E-state index contributed by atoms with van der Waals surface area (Å²) in [6.45, 7) is 3.51. The van der Waals surface area contributed by atoms with Crippen molar-refractivity contribution in [2.75, 3.05) is 6.54 Å². The highest BCUT2D eigenvalue weighted by Crippen LogP contribution is 2.23. The first-order valence-corrected chi connectivity index (χ1v) is 5.04. The lowest BCUT2D eigenvalue weighted by Crippen LogP contribution is -2.38. The Labute approximate surface area is 79.9 Å². The number of hydrogen-bond donors (Lipinski definition) is 1. The van der Waals surface area contributed by atoms with Crippen molar-refractivity contribution in [2.24, 2.45) is 7.05 Å². The highest BCUT2D eigenvalue weighted by molar-refractivity contribution is 5.14. The molecule has 0 aliphatic carbocycles. The molecule has 1 aromatic rings. The standard InChI is InChI=1S/C11H18N2/c1-11(5-3-6-12-11)8-10-4-7-13(2)9-10/h4,7,9,12H,3,5-6,8H2,1-2H3. The minimum Gasteiger partial charge on any atom is -0.357 e. The number of nitrogens with zero attached hydrogens (tertiary/aromatic N) is 1. The molecular formula is C11H18N2. The van der Waals surface area contributed by atoms with Crippen LogP contribution in [-0.2, 0) is 13.5 Å². The lowest BCUT2D eigenvalue weighted by molar-refractivity contribution is 0.412. The summed E-state index contributed by atoms with van der Waals surface area (Å²) >= 11 is 0. The first kappa shape index (κ1) is 8.82. The molecule has 72 valence electrons. The van der Waals surface area contributed by atoms with Crippen molar-refractivity contribution in [3.63, 3.8) is 0 Å². The van der Waals surface area contributed by atoms with Gasteiger partial charge in [0, 0.05) is 25.0 Å². The minimum absolute atomic E-state index is 0.349. The SMILES string of the molecule is Cn1ccc(CC2(C)CCCN2)c1. The molecule has 1 saturated heterocycles. The van der Waals surface area contributed by atoms with Crippen LogP contribution < -0.4 is 5.32 Å². The van der Waals surface area contributed by atoms with Crippen LogP contribution in [-0.4, -0.2) is 16.7 Å². The van der Waals surface area contributed by atoms with Gasteiger partial charge in [0.05, 0.1) is 0 Å². The first-order valence-electron chi connectivity index (χ1n) is 5.04. The van der Waals surface area contributed by atoms with Crippen molar-refractivity contribution >= 4 is 0 Å². The fourth-order valence-electron chi connectivity index (χ4n) is 2.22. The highest BCUT2D eigenvalue weighted by Gasteiger charge is 2.27. The predicted molar refractivity (Wildman–Crippen MR) is 54.8 cm³/mol. The Kier molecular flexibility index (Phi) is 2.16. The summed E-state index contributed by atoms with van der Waals surface area (Å²) in [6, 6.07) is 2.21. The normalized spacial score (nSPS) is 28.2. The Morgan fingerprint density at radius 1 is 1.62 bits per heavy atom. The summed E-state index contributed by atoms with van der Waals surface area (Å²) in [5, 5.41) is 3.58. The van der Waals surface area contributed by atoms with Gasteiger partial charge >= 0.3 is 0 Å². The summed E-state index contributed by atoms with van der Waals surface area (Å²) in [5.41, 5.74) is 1.79. The molecule has 0 radical (unpaired) electrons. The molecule has 0 saturated carbocycles.